The second-order valence-electron chi connectivity index (χ2n) is 3.87. The smallest absolute Gasteiger partial charge is 0.330 e. The van der Waals surface area contributed by atoms with Gasteiger partial charge >= 0.3 is 5.69 Å². The van der Waals surface area contributed by atoms with Gasteiger partial charge in [-0.2, -0.15) is 0 Å². The fraction of sp³-hybridized carbons (Fsp3) is 0.556. The van der Waals surface area contributed by atoms with Crippen molar-refractivity contribution in [2.45, 2.75) is 24.9 Å². The van der Waals surface area contributed by atoms with E-state index in [1.165, 1.54) is 0 Å². The van der Waals surface area contributed by atoms with Gasteiger partial charge in [-0.3, -0.25) is 14.3 Å². The Balaban J connectivity index is 2.34. The van der Waals surface area contributed by atoms with Crippen LogP contribution in [0.25, 0.3) is 0 Å². The summed E-state index contributed by atoms with van der Waals surface area (Å²) in [6, 6.07) is 0. The summed E-state index contributed by atoms with van der Waals surface area (Å²) in [6.07, 6.45) is -1.02. The maximum absolute atomic E-state index is 11.5. The molecule has 94 valence electrons. The van der Waals surface area contributed by atoms with Crippen molar-refractivity contribution in [3.8, 4) is 0 Å². The van der Waals surface area contributed by atoms with Crippen LogP contribution in [-0.2, 0) is 4.74 Å². The second-order valence-corrected chi connectivity index (χ2v) is 3.87. The maximum atomic E-state index is 11.5. The highest BCUT2D eigenvalue weighted by Gasteiger charge is 2.34. The van der Waals surface area contributed by atoms with E-state index in [9.17, 15) is 14.7 Å². The molecule has 1 saturated heterocycles. The molecule has 1 fully saturated rings. The maximum Gasteiger partial charge on any atom is 0.330 e. The monoisotopic (exact) mass is 243 g/mol. The van der Waals surface area contributed by atoms with Gasteiger partial charge in [-0.25, -0.2) is 4.79 Å². The first-order chi connectivity index (χ1) is 8.02. The van der Waals surface area contributed by atoms with Crippen molar-refractivity contribution in [1.29, 1.82) is 0 Å². The van der Waals surface area contributed by atoms with Gasteiger partial charge in [0.1, 0.15) is 18.0 Å². The molecule has 0 bridgehead atoms. The number of nitrogen functional groups attached to an aromatic ring is 1. The van der Waals surface area contributed by atoms with Gasteiger partial charge in [0, 0.05) is 12.6 Å². The van der Waals surface area contributed by atoms with Crippen molar-refractivity contribution >= 4 is 5.69 Å². The third-order valence-electron chi connectivity index (χ3n) is 2.69. The van der Waals surface area contributed by atoms with Gasteiger partial charge in [-0.05, 0) is 0 Å². The number of hydrogen-bond donors (Lipinski definition) is 4. The molecule has 0 saturated carbocycles. The van der Waals surface area contributed by atoms with Gasteiger partial charge in [-0.1, -0.05) is 0 Å². The van der Waals surface area contributed by atoms with Crippen LogP contribution in [0.2, 0.25) is 0 Å². The Kier molecular flexibility index (Phi) is 3.01. The molecule has 1 aliphatic heterocycles. The van der Waals surface area contributed by atoms with Crippen LogP contribution < -0.4 is 17.0 Å². The molecule has 0 unspecified atom stereocenters. The number of H-pyrrole nitrogens is 1. The van der Waals surface area contributed by atoms with Crippen LogP contribution in [-0.4, -0.2) is 38.6 Å². The summed E-state index contributed by atoms with van der Waals surface area (Å²) in [6.45, 7) is -0.342. The van der Waals surface area contributed by atoms with E-state index >= 15 is 0 Å². The predicted octanol–water partition coefficient (Wildman–Crippen LogP) is -2.24. The molecule has 1 aromatic rings. The molecule has 2 rings (SSSR count). The average Bonchev–Trinajstić information content (AvgIpc) is 2.65. The number of aliphatic hydroxyl groups is 2. The highest BCUT2D eigenvalue weighted by Crippen LogP contribution is 2.27. The van der Waals surface area contributed by atoms with Crippen LogP contribution in [0.1, 0.15) is 12.6 Å². The lowest BCUT2D eigenvalue weighted by atomic mass is 10.2. The van der Waals surface area contributed by atoms with Gasteiger partial charge in [0.25, 0.3) is 5.56 Å². The summed E-state index contributed by atoms with van der Waals surface area (Å²) in [7, 11) is 0. The fourth-order valence-electron chi connectivity index (χ4n) is 1.77. The first-order valence-corrected chi connectivity index (χ1v) is 5.08. The third-order valence-corrected chi connectivity index (χ3v) is 2.69. The highest BCUT2D eigenvalue weighted by atomic mass is 16.5. The zero-order valence-electron chi connectivity index (χ0n) is 8.87. The van der Waals surface area contributed by atoms with E-state index in [0.717, 1.165) is 10.8 Å². The lowest BCUT2D eigenvalue weighted by molar-refractivity contribution is -0.0458. The van der Waals surface area contributed by atoms with Gasteiger partial charge < -0.3 is 20.7 Å². The molecular weight excluding hydrogens is 230 g/mol. The number of nitrogens with zero attached hydrogens (tertiary/aromatic N) is 1. The SMILES string of the molecule is Nc1cn([C@H]2C[C@@H](O)[C@H](CO)O2)c(=O)[nH]c1=O. The van der Waals surface area contributed by atoms with E-state index < -0.39 is 29.7 Å². The molecule has 8 nitrogen and oxygen atoms in total. The summed E-state index contributed by atoms with van der Waals surface area (Å²) < 4.78 is 6.36. The van der Waals surface area contributed by atoms with Crippen LogP contribution in [0.3, 0.4) is 0 Å². The van der Waals surface area contributed by atoms with E-state index in [-0.39, 0.29) is 18.7 Å². The summed E-state index contributed by atoms with van der Waals surface area (Å²) in [5.74, 6) is 0. The van der Waals surface area contributed by atoms with Crippen LogP contribution in [0.15, 0.2) is 15.8 Å². The lowest BCUT2D eigenvalue weighted by Crippen LogP contribution is -2.33. The number of aromatic nitrogens is 2. The summed E-state index contributed by atoms with van der Waals surface area (Å²) in [5, 5.41) is 18.4. The zero-order chi connectivity index (χ0) is 12.6. The highest BCUT2D eigenvalue weighted by molar-refractivity contribution is 5.30. The molecule has 0 amide bonds. The Labute approximate surface area is 95.3 Å². The third kappa shape index (κ3) is 2.09. The first kappa shape index (κ1) is 11.8. The van der Waals surface area contributed by atoms with Crippen molar-refractivity contribution in [2.75, 3.05) is 12.3 Å². The second kappa shape index (κ2) is 4.32. The Morgan fingerprint density at radius 3 is 2.88 bits per heavy atom. The summed E-state index contributed by atoms with van der Waals surface area (Å²) in [4.78, 5) is 24.6. The Morgan fingerprint density at radius 2 is 2.29 bits per heavy atom. The van der Waals surface area contributed by atoms with E-state index in [1.807, 2.05) is 4.98 Å². The van der Waals surface area contributed by atoms with E-state index in [2.05, 4.69) is 0 Å². The van der Waals surface area contributed by atoms with E-state index in [0.29, 0.717) is 0 Å². The standard InChI is InChI=1S/C9H13N3O5/c10-4-2-12(9(16)11-8(4)15)7-1-5(14)6(3-13)17-7/h2,5-7,13-14H,1,3,10H2,(H,11,15,16)/t5-,6+,7-/m1/s1. The number of nitrogens with one attached hydrogen (secondary N) is 1. The average molecular weight is 243 g/mol. The van der Waals surface area contributed by atoms with Crippen molar-refractivity contribution in [1.82, 2.24) is 9.55 Å². The quantitative estimate of drug-likeness (QED) is 0.464. The topological polar surface area (TPSA) is 131 Å². The van der Waals surface area contributed by atoms with Crippen molar-refractivity contribution < 1.29 is 14.9 Å². The number of aromatic amines is 1. The Morgan fingerprint density at radius 1 is 1.59 bits per heavy atom. The van der Waals surface area contributed by atoms with E-state index in [1.54, 1.807) is 0 Å². The molecule has 1 aliphatic rings. The van der Waals surface area contributed by atoms with Crippen molar-refractivity contribution in [2.24, 2.45) is 0 Å². The molecule has 2 heterocycles. The number of rotatable bonds is 2. The molecule has 3 atom stereocenters. The molecule has 8 heteroatoms. The number of aliphatic hydroxyl groups excluding tert-OH is 2. The van der Waals surface area contributed by atoms with E-state index in [4.69, 9.17) is 15.6 Å². The summed E-state index contributed by atoms with van der Waals surface area (Å²) >= 11 is 0. The van der Waals surface area contributed by atoms with Crippen LogP contribution in [0.5, 0.6) is 0 Å². The molecule has 1 aromatic heterocycles. The number of ether oxygens (including phenoxy) is 1. The normalized spacial score (nSPS) is 28.5. The largest absolute Gasteiger partial charge is 0.394 e. The predicted molar refractivity (Wildman–Crippen MR) is 57.4 cm³/mol. The van der Waals surface area contributed by atoms with Crippen molar-refractivity contribution in [3.05, 3.63) is 27.0 Å². The Bertz CT molecular complexity index is 522. The van der Waals surface area contributed by atoms with Gasteiger partial charge in [-0.15, -0.1) is 0 Å². The first-order valence-electron chi connectivity index (χ1n) is 5.08. The number of anilines is 1. The fourth-order valence-corrected chi connectivity index (χ4v) is 1.77. The molecule has 0 aliphatic carbocycles. The summed E-state index contributed by atoms with van der Waals surface area (Å²) in [5.41, 5.74) is 3.94. The molecule has 0 aromatic carbocycles. The molecular formula is C9H13N3O5. The van der Waals surface area contributed by atoms with Crippen LogP contribution in [0, 0.1) is 0 Å². The number of hydrogen-bond acceptors (Lipinski definition) is 6. The van der Waals surface area contributed by atoms with Gasteiger partial charge in [0.2, 0.25) is 0 Å². The van der Waals surface area contributed by atoms with Crippen LogP contribution in [0.4, 0.5) is 5.69 Å². The molecule has 17 heavy (non-hydrogen) atoms. The van der Waals surface area contributed by atoms with Crippen LogP contribution >= 0.6 is 0 Å². The molecule has 5 N–H and O–H groups in total. The lowest BCUT2D eigenvalue weighted by Gasteiger charge is -2.14. The van der Waals surface area contributed by atoms with Crippen molar-refractivity contribution in [3.63, 3.8) is 0 Å². The minimum Gasteiger partial charge on any atom is -0.394 e. The molecule has 0 spiro atoms. The zero-order valence-corrected chi connectivity index (χ0v) is 8.87. The number of nitrogens with two attached hydrogens (primary N) is 1. The minimum atomic E-state index is -0.856. The van der Waals surface area contributed by atoms with Gasteiger partial charge in [0.15, 0.2) is 0 Å². The minimum absolute atomic E-state index is 0.116. The molecule has 0 radical (unpaired) electrons. The van der Waals surface area contributed by atoms with Gasteiger partial charge in [0.05, 0.1) is 12.7 Å². The Hall–Kier alpha value is -1.64.